The Kier molecular flexibility index (Phi) is 6.16. The van der Waals surface area contributed by atoms with E-state index in [1.807, 2.05) is 6.92 Å². The summed E-state index contributed by atoms with van der Waals surface area (Å²) in [5.74, 6) is 0.165. The maximum atomic E-state index is 13.1. The number of amides is 1. The predicted molar refractivity (Wildman–Crippen MR) is 106 cm³/mol. The lowest BCUT2D eigenvalue weighted by atomic mass is 10.1. The predicted octanol–water partition coefficient (Wildman–Crippen LogP) is 3.33. The van der Waals surface area contributed by atoms with Crippen LogP contribution in [0.4, 0.5) is 4.39 Å². The highest BCUT2D eigenvalue weighted by Crippen LogP contribution is 2.32. The summed E-state index contributed by atoms with van der Waals surface area (Å²) < 4.78 is 20.5. The number of aromatic nitrogens is 2. The lowest BCUT2D eigenvalue weighted by Gasteiger charge is -2.16. The average Bonchev–Trinajstić information content (AvgIpc) is 3.25. The Morgan fingerprint density at radius 1 is 1.39 bits per heavy atom. The van der Waals surface area contributed by atoms with Crippen molar-refractivity contribution < 1.29 is 13.6 Å². The zero-order chi connectivity index (χ0) is 20.3. The van der Waals surface area contributed by atoms with Gasteiger partial charge in [0.05, 0.1) is 16.9 Å². The first-order chi connectivity index (χ1) is 13.4. The highest BCUT2D eigenvalue weighted by atomic mass is 35.5. The fraction of sp³-hybridized carbons (Fsp3) is 0.300. The van der Waals surface area contributed by atoms with Gasteiger partial charge in [-0.2, -0.15) is 5.10 Å². The van der Waals surface area contributed by atoms with Gasteiger partial charge in [-0.25, -0.2) is 4.39 Å². The molecule has 0 radical (unpaired) electrons. The normalized spacial score (nSPS) is 12.2. The molecular formula is C20H22ClFN4O2. The summed E-state index contributed by atoms with van der Waals surface area (Å²) >= 11 is 6.24. The Morgan fingerprint density at radius 2 is 2.11 bits per heavy atom. The third-order valence-electron chi connectivity index (χ3n) is 4.52. The van der Waals surface area contributed by atoms with E-state index in [1.54, 1.807) is 36.1 Å². The molecule has 0 bridgehead atoms. The molecule has 2 heterocycles. The van der Waals surface area contributed by atoms with Crippen molar-refractivity contribution in [3.63, 3.8) is 0 Å². The van der Waals surface area contributed by atoms with Crippen LogP contribution in [0.3, 0.4) is 0 Å². The molecule has 1 unspecified atom stereocenters. The fourth-order valence-electron chi connectivity index (χ4n) is 3.07. The lowest BCUT2D eigenvalue weighted by molar-refractivity contribution is 0.0908. The Bertz CT molecular complexity index is 946. The van der Waals surface area contributed by atoms with E-state index >= 15 is 0 Å². The van der Waals surface area contributed by atoms with Crippen LogP contribution in [0.25, 0.3) is 11.3 Å². The number of nitrogens with one attached hydrogen (secondary N) is 1. The molecule has 148 valence electrons. The summed E-state index contributed by atoms with van der Waals surface area (Å²) in [6.45, 7) is 2.18. The Morgan fingerprint density at radius 3 is 2.68 bits per heavy atom. The summed E-state index contributed by atoms with van der Waals surface area (Å²) in [4.78, 5) is 12.7. The topological polar surface area (TPSA) is 86.1 Å². The van der Waals surface area contributed by atoms with Crippen molar-refractivity contribution in [2.45, 2.75) is 25.8 Å². The van der Waals surface area contributed by atoms with Gasteiger partial charge in [-0.3, -0.25) is 9.48 Å². The number of hydrogen-bond donors (Lipinski definition) is 2. The van der Waals surface area contributed by atoms with Crippen LogP contribution in [-0.4, -0.2) is 28.3 Å². The molecule has 0 aliphatic carbocycles. The molecule has 6 nitrogen and oxygen atoms in total. The van der Waals surface area contributed by atoms with Crippen LogP contribution in [-0.2, 0) is 19.9 Å². The third-order valence-corrected chi connectivity index (χ3v) is 4.79. The number of benzene rings is 1. The van der Waals surface area contributed by atoms with Crippen LogP contribution in [0.1, 0.15) is 28.8 Å². The molecule has 0 aliphatic heterocycles. The van der Waals surface area contributed by atoms with Gasteiger partial charge < -0.3 is 15.5 Å². The number of nitrogens with zero attached hydrogens (tertiary/aromatic N) is 2. The maximum absolute atomic E-state index is 13.1. The summed E-state index contributed by atoms with van der Waals surface area (Å²) in [6, 6.07) is 7.48. The quantitative estimate of drug-likeness (QED) is 0.632. The second-order valence-electron chi connectivity index (χ2n) is 6.50. The van der Waals surface area contributed by atoms with Crippen molar-refractivity contribution in [1.82, 2.24) is 15.1 Å². The van der Waals surface area contributed by atoms with Crippen LogP contribution in [0.15, 0.2) is 40.9 Å². The molecule has 8 heteroatoms. The number of aryl methyl sites for hydroxylation is 2. The zero-order valence-electron chi connectivity index (χ0n) is 15.7. The number of carbonyl (C=O) groups is 1. The molecule has 0 saturated heterocycles. The van der Waals surface area contributed by atoms with Crippen LogP contribution in [0.2, 0.25) is 5.02 Å². The molecule has 1 amide bonds. The molecular weight excluding hydrogens is 383 g/mol. The Balaban J connectivity index is 1.79. The fourth-order valence-corrected chi connectivity index (χ4v) is 3.34. The van der Waals surface area contributed by atoms with Crippen molar-refractivity contribution >= 4 is 17.5 Å². The van der Waals surface area contributed by atoms with Crippen LogP contribution in [0.5, 0.6) is 0 Å². The van der Waals surface area contributed by atoms with E-state index in [0.717, 1.165) is 11.1 Å². The number of nitrogens with two attached hydrogens (primary N) is 1. The van der Waals surface area contributed by atoms with E-state index in [1.165, 1.54) is 12.1 Å². The smallest absolute Gasteiger partial charge is 0.287 e. The summed E-state index contributed by atoms with van der Waals surface area (Å²) in [6.07, 6.45) is 2.64. The Labute approximate surface area is 167 Å². The van der Waals surface area contributed by atoms with Crippen molar-refractivity contribution in [2.75, 3.05) is 6.54 Å². The average molecular weight is 405 g/mol. The Hall–Kier alpha value is -2.64. The molecule has 0 fully saturated rings. The first-order valence-electron chi connectivity index (χ1n) is 8.98. The molecule has 2 aromatic heterocycles. The minimum Gasteiger partial charge on any atom is -0.455 e. The van der Waals surface area contributed by atoms with Gasteiger partial charge in [0.15, 0.2) is 5.76 Å². The van der Waals surface area contributed by atoms with E-state index in [9.17, 15) is 9.18 Å². The number of furan rings is 1. The highest BCUT2D eigenvalue weighted by molar-refractivity contribution is 6.33. The van der Waals surface area contributed by atoms with Crippen LogP contribution in [0, 0.1) is 5.82 Å². The third kappa shape index (κ3) is 4.26. The number of carbonyl (C=O) groups excluding carboxylic acids is 1. The lowest BCUT2D eigenvalue weighted by Crippen LogP contribution is -2.41. The van der Waals surface area contributed by atoms with Crippen LogP contribution >= 0.6 is 11.6 Å². The number of halogens is 2. The van der Waals surface area contributed by atoms with Gasteiger partial charge in [-0.15, -0.1) is 0 Å². The van der Waals surface area contributed by atoms with E-state index < -0.39 is 0 Å². The van der Waals surface area contributed by atoms with E-state index in [4.69, 9.17) is 21.8 Å². The van der Waals surface area contributed by atoms with Crippen LogP contribution < -0.4 is 11.1 Å². The van der Waals surface area contributed by atoms with Gasteiger partial charge >= 0.3 is 0 Å². The number of hydrogen-bond acceptors (Lipinski definition) is 4. The molecule has 1 aromatic carbocycles. The first kappa shape index (κ1) is 20.1. The standard InChI is InChI=1S/C20H22ClFN4O2/c1-3-17-15(19-16(21)11-24-26(19)2)9-18(28-17)20(27)25-14(10-23)8-12-4-6-13(22)7-5-12/h4-7,9,11,14H,3,8,10,23H2,1-2H3,(H,25,27). The zero-order valence-corrected chi connectivity index (χ0v) is 16.5. The molecule has 3 N–H and O–H groups in total. The number of rotatable bonds is 7. The van der Waals surface area contributed by atoms with Gasteiger partial charge in [0.1, 0.15) is 11.6 Å². The summed E-state index contributed by atoms with van der Waals surface area (Å²) in [5.41, 5.74) is 8.12. The molecule has 0 spiro atoms. The van der Waals surface area contributed by atoms with Gasteiger partial charge in [0.25, 0.3) is 5.91 Å². The molecule has 28 heavy (non-hydrogen) atoms. The van der Waals surface area contributed by atoms with Gasteiger partial charge in [-0.1, -0.05) is 30.7 Å². The van der Waals surface area contributed by atoms with E-state index in [0.29, 0.717) is 29.3 Å². The second kappa shape index (κ2) is 8.58. The van der Waals surface area contributed by atoms with E-state index in [2.05, 4.69) is 10.4 Å². The van der Waals surface area contributed by atoms with Crippen molar-refractivity contribution in [3.8, 4) is 11.3 Å². The summed E-state index contributed by atoms with van der Waals surface area (Å²) in [7, 11) is 1.78. The minimum absolute atomic E-state index is 0.182. The monoisotopic (exact) mass is 404 g/mol. The SMILES string of the molecule is CCc1oc(C(=O)NC(CN)Cc2ccc(F)cc2)cc1-c1c(Cl)cnn1C. The van der Waals surface area contributed by atoms with Crippen molar-refractivity contribution in [3.05, 3.63) is 64.5 Å². The molecule has 3 rings (SSSR count). The van der Waals surface area contributed by atoms with Crippen molar-refractivity contribution in [2.24, 2.45) is 12.8 Å². The summed E-state index contributed by atoms with van der Waals surface area (Å²) in [5, 5.41) is 7.50. The largest absolute Gasteiger partial charge is 0.455 e. The first-order valence-corrected chi connectivity index (χ1v) is 9.36. The van der Waals surface area contributed by atoms with Crippen molar-refractivity contribution in [1.29, 1.82) is 0 Å². The van der Waals surface area contributed by atoms with E-state index in [-0.39, 0.29) is 30.1 Å². The minimum atomic E-state index is -0.364. The maximum Gasteiger partial charge on any atom is 0.287 e. The molecule has 0 saturated carbocycles. The van der Waals surface area contributed by atoms with Gasteiger partial charge in [0.2, 0.25) is 0 Å². The highest BCUT2D eigenvalue weighted by Gasteiger charge is 2.22. The molecule has 0 aliphatic rings. The molecule has 3 aromatic rings. The van der Waals surface area contributed by atoms with Gasteiger partial charge in [-0.05, 0) is 30.2 Å². The van der Waals surface area contributed by atoms with Gasteiger partial charge in [0, 0.05) is 31.6 Å². The molecule has 1 atom stereocenters. The second-order valence-corrected chi connectivity index (χ2v) is 6.91.